The van der Waals surface area contributed by atoms with Gasteiger partial charge in [0.25, 0.3) is 0 Å². The molecule has 0 bridgehead atoms. The summed E-state index contributed by atoms with van der Waals surface area (Å²) in [6.45, 7) is 15.4. The summed E-state index contributed by atoms with van der Waals surface area (Å²) >= 11 is 0. The number of aromatic nitrogens is 1. The zero-order chi connectivity index (χ0) is 17.3. The molecule has 23 heavy (non-hydrogen) atoms. The van der Waals surface area contributed by atoms with Crippen molar-refractivity contribution < 1.29 is 0 Å². The van der Waals surface area contributed by atoms with Crippen LogP contribution in [0, 0.1) is 12.3 Å². The van der Waals surface area contributed by atoms with Crippen molar-refractivity contribution in [2.45, 2.75) is 60.4 Å². The van der Waals surface area contributed by atoms with Crippen molar-refractivity contribution >= 4 is 5.82 Å². The van der Waals surface area contributed by atoms with Gasteiger partial charge in [-0.1, -0.05) is 56.7 Å². The number of nitrogens with zero attached hydrogens (tertiary/aromatic N) is 1. The highest BCUT2D eigenvalue weighted by atomic mass is 15.0. The van der Waals surface area contributed by atoms with E-state index in [9.17, 15) is 0 Å². The fraction of sp³-hybridized carbons (Fsp3) is 0.476. The molecule has 0 saturated heterocycles. The molecule has 0 spiro atoms. The lowest BCUT2D eigenvalue weighted by Crippen LogP contribution is -2.28. The first-order chi connectivity index (χ1) is 10.5. The predicted molar refractivity (Wildman–Crippen MR) is 101 cm³/mol. The molecule has 2 rings (SSSR count). The molecule has 0 fully saturated rings. The summed E-state index contributed by atoms with van der Waals surface area (Å²) in [4.78, 5) is 4.93. The summed E-state index contributed by atoms with van der Waals surface area (Å²) in [5, 5.41) is 3.58. The van der Waals surface area contributed by atoms with Crippen molar-refractivity contribution in [3.8, 4) is 11.3 Å². The third kappa shape index (κ3) is 5.38. The predicted octanol–water partition coefficient (Wildman–Crippen LogP) is 5.86. The van der Waals surface area contributed by atoms with Crippen molar-refractivity contribution in [3.63, 3.8) is 0 Å². The summed E-state index contributed by atoms with van der Waals surface area (Å²) in [5.41, 5.74) is 4.96. The summed E-state index contributed by atoms with van der Waals surface area (Å²) in [7, 11) is 0. The normalized spacial score (nSPS) is 12.3. The Morgan fingerprint density at radius 1 is 0.870 bits per heavy atom. The molecule has 0 aliphatic carbocycles. The van der Waals surface area contributed by atoms with Gasteiger partial charge in [-0.05, 0) is 51.2 Å². The molecule has 0 unspecified atom stereocenters. The van der Waals surface area contributed by atoms with E-state index >= 15 is 0 Å². The number of benzene rings is 1. The zero-order valence-electron chi connectivity index (χ0n) is 15.6. The first-order valence-corrected chi connectivity index (χ1v) is 8.39. The fourth-order valence-electron chi connectivity index (χ4n) is 2.55. The molecule has 0 aliphatic rings. The van der Waals surface area contributed by atoms with Crippen LogP contribution >= 0.6 is 0 Å². The third-order valence-corrected chi connectivity index (χ3v) is 3.54. The van der Waals surface area contributed by atoms with Crippen LogP contribution in [0.4, 0.5) is 5.82 Å². The Balaban J connectivity index is 2.44. The Bertz CT molecular complexity index is 656. The van der Waals surface area contributed by atoms with Crippen LogP contribution in [0.3, 0.4) is 0 Å². The maximum atomic E-state index is 4.93. The van der Waals surface area contributed by atoms with Gasteiger partial charge in [-0.25, -0.2) is 4.98 Å². The molecule has 1 aromatic heterocycles. The molecule has 0 saturated carbocycles. The highest BCUT2D eigenvalue weighted by Gasteiger charge is 2.19. The van der Waals surface area contributed by atoms with E-state index in [-0.39, 0.29) is 11.0 Å². The number of anilines is 1. The van der Waals surface area contributed by atoms with Crippen LogP contribution in [0.25, 0.3) is 11.3 Å². The Kier molecular flexibility index (Phi) is 4.84. The summed E-state index contributed by atoms with van der Waals surface area (Å²) in [5.74, 6) is 1.01. The van der Waals surface area contributed by atoms with Crippen LogP contribution in [0.15, 0.2) is 36.4 Å². The van der Waals surface area contributed by atoms with E-state index in [2.05, 4.69) is 90.2 Å². The fourth-order valence-corrected chi connectivity index (χ4v) is 2.55. The standard InChI is InChI=1S/C21H30N2/c1-15-8-10-16(11-9-15)18-13-12-17(14-20(2,3)4)19(22-18)23-21(5,6)7/h8-13H,14H2,1-7H3,(H,22,23). The lowest BCUT2D eigenvalue weighted by molar-refractivity contribution is 0.411. The van der Waals surface area contributed by atoms with E-state index < -0.39 is 0 Å². The van der Waals surface area contributed by atoms with Crippen molar-refractivity contribution in [1.82, 2.24) is 4.98 Å². The molecule has 1 heterocycles. The maximum absolute atomic E-state index is 4.93. The molecule has 124 valence electrons. The van der Waals surface area contributed by atoms with Crippen LogP contribution in [0.1, 0.15) is 52.7 Å². The topological polar surface area (TPSA) is 24.9 Å². The van der Waals surface area contributed by atoms with Crippen molar-refractivity contribution in [2.75, 3.05) is 5.32 Å². The van der Waals surface area contributed by atoms with E-state index in [0.29, 0.717) is 0 Å². The lowest BCUT2D eigenvalue weighted by atomic mass is 9.88. The minimum absolute atomic E-state index is 0.00840. The van der Waals surface area contributed by atoms with E-state index in [1.807, 2.05) is 0 Å². The van der Waals surface area contributed by atoms with Gasteiger partial charge in [0.05, 0.1) is 5.69 Å². The molecule has 0 aliphatic heterocycles. The van der Waals surface area contributed by atoms with Gasteiger partial charge in [0.15, 0.2) is 0 Å². The molecule has 1 N–H and O–H groups in total. The van der Waals surface area contributed by atoms with E-state index in [0.717, 1.165) is 23.5 Å². The third-order valence-electron chi connectivity index (χ3n) is 3.54. The summed E-state index contributed by atoms with van der Waals surface area (Å²) in [6, 6.07) is 12.9. The second kappa shape index (κ2) is 6.35. The zero-order valence-corrected chi connectivity index (χ0v) is 15.6. The molecule has 1 aromatic carbocycles. The molecule has 0 atom stereocenters. The quantitative estimate of drug-likeness (QED) is 0.768. The van der Waals surface area contributed by atoms with Crippen molar-refractivity contribution in [3.05, 3.63) is 47.5 Å². The monoisotopic (exact) mass is 310 g/mol. The average Bonchev–Trinajstić information content (AvgIpc) is 2.38. The second-order valence-corrected chi connectivity index (χ2v) is 8.68. The summed E-state index contributed by atoms with van der Waals surface area (Å²) < 4.78 is 0. The highest BCUT2D eigenvalue weighted by molar-refractivity contribution is 5.63. The second-order valence-electron chi connectivity index (χ2n) is 8.68. The molecular weight excluding hydrogens is 280 g/mol. The number of hydrogen-bond donors (Lipinski definition) is 1. The molecule has 0 radical (unpaired) electrons. The van der Waals surface area contributed by atoms with E-state index in [4.69, 9.17) is 4.98 Å². The Morgan fingerprint density at radius 2 is 1.48 bits per heavy atom. The van der Waals surface area contributed by atoms with Crippen LogP contribution < -0.4 is 5.32 Å². The Morgan fingerprint density at radius 3 is 2.00 bits per heavy atom. The van der Waals surface area contributed by atoms with Gasteiger partial charge in [0.1, 0.15) is 5.82 Å². The first kappa shape index (κ1) is 17.5. The van der Waals surface area contributed by atoms with Crippen LogP contribution in [0.5, 0.6) is 0 Å². The Labute approximate surface area is 141 Å². The van der Waals surface area contributed by atoms with Gasteiger partial charge in [-0.3, -0.25) is 0 Å². The molecule has 2 nitrogen and oxygen atoms in total. The number of rotatable bonds is 3. The minimum Gasteiger partial charge on any atom is -0.365 e. The number of nitrogens with one attached hydrogen (secondary N) is 1. The van der Waals surface area contributed by atoms with Crippen LogP contribution in [-0.2, 0) is 6.42 Å². The van der Waals surface area contributed by atoms with Crippen molar-refractivity contribution in [2.24, 2.45) is 5.41 Å². The molecule has 0 amide bonds. The lowest BCUT2D eigenvalue weighted by Gasteiger charge is -2.26. The van der Waals surface area contributed by atoms with E-state index in [1.54, 1.807) is 0 Å². The smallest absolute Gasteiger partial charge is 0.130 e. The first-order valence-electron chi connectivity index (χ1n) is 8.39. The van der Waals surface area contributed by atoms with Gasteiger partial charge < -0.3 is 5.32 Å². The SMILES string of the molecule is Cc1ccc(-c2ccc(CC(C)(C)C)c(NC(C)(C)C)n2)cc1. The molecule has 2 heteroatoms. The summed E-state index contributed by atoms with van der Waals surface area (Å²) in [6.07, 6.45) is 1.01. The van der Waals surface area contributed by atoms with Crippen molar-refractivity contribution in [1.29, 1.82) is 0 Å². The number of pyridine rings is 1. The molecular formula is C21H30N2. The van der Waals surface area contributed by atoms with Crippen LogP contribution in [0.2, 0.25) is 0 Å². The van der Waals surface area contributed by atoms with Gasteiger partial charge in [-0.2, -0.15) is 0 Å². The van der Waals surface area contributed by atoms with Gasteiger partial charge in [-0.15, -0.1) is 0 Å². The maximum Gasteiger partial charge on any atom is 0.130 e. The van der Waals surface area contributed by atoms with Gasteiger partial charge in [0.2, 0.25) is 0 Å². The number of aryl methyl sites for hydroxylation is 1. The van der Waals surface area contributed by atoms with Gasteiger partial charge >= 0.3 is 0 Å². The number of hydrogen-bond acceptors (Lipinski definition) is 2. The largest absolute Gasteiger partial charge is 0.365 e. The van der Waals surface area contributed by atoms with E-state index in [1.165, 1.54) is 11.1 Å². The highest BCUT2D eigenvalue weighted by Crippen LogP contribution is 2.29. The molecule has 2 aromatic rings. The minimum atomic E-state index is -0.00840. The van der Waals surface area contributed by atoms with Gasteiger partial charge in [0, 0.05) is 11.1 Å². The van der Waals surface area contributed by atoms with Crippen LogP contribution in [-0.4, -0.2) is 10.5 Å². The average molecular weight is 310 g/mol. The Hall–Kier alpha value is -1.83.